The third kappa shape index (κ3) is 2.68. The number of rotatable bonds is 3. The van der Waals surface area contributed by atoms with Crippen LogP contribution in [-0.2, 0) is 12.0 Å². The van der Waals surface area contributed by atoms with E-state index in [-0.39, 0.29) is 17.4 Å². The fraction of sp³-hybridized carbons (Fsp3) is 0.800. The van der Waals surface area contributed by atoms with Crippen LogP contribution in [0.15, 0.2) is 6.20 Å². The van der Waals surface area contributed by atoms with Crippen LogP contribution in [0.3, 0.4) is 0 Å². The van der Waals surface area contributed by atoms with E-state index in [2.05, 4.69) is 32.8 Å². The van der Waals surface area contributed by atoms with E-state index in [1.165, 1.54) is 6.42 Å². The van der Waals surface area contributed by atoms with Crippen LogP contribution in [0.1, 0.15) is 52.7 Å². The van der Waals surface area contributed by atoms with Crippen molar-refractivity contribution in [1.29, 1.82) is 0 Å². The zero-order valence-electron chi connectivity index (χ0n) is 12.4. The average Bonchev–Trinajstić information content (AvgIpc) is 2.70. The molecule has 1 fully saturated rings. The first kappa shape index (κ1) is 14.9. The molecule has 0 spiro atoms. The van der Waals surface area contributed by atoms with E-state index in [0.717, 1.165) is 30.1 Å². The maximum atomic E-state index is 10.5. The van der Waals surface area contributed by atoms with Gasteiger partial charge in [0.05, 0.1) is 23.0 Å². The third-order valence-corrected chi connectivity index (χ3v) is 4.99. The minimum atomic E-state index is -0.241. The lowest BCUT2D eigenvalue weighted by molar-refractivity contribution is 0.0121. The molecule has 4 heteroatoms. The van der Waals surface area contributed by atoms with Gasteiger partial charge in [-0.3, -0.25) is 4.68 Å². The van der Waals surface area contributed by atoms with Gasteiger partial charge >= 0.3 is 0 Å². The van der Waals surface area contributed by atoms with Crippen LogP contribution in [0, 0.1) is 11.8 Å². The quantitative estimate of drug-likeness (QED) is 0.920. The maximum absolute atomic E-state index is 10.5. The van der Waals surface area contributed by atoms with Crippen molar-refractivity contribution in [3.63, 3.8) is 0 Å². The van der Waals surface area contributed by atoms with Crippen molar-refractivity contribution in [2.45, 2.75) is 65.0 Å². The van der Waals surface area contributed by atoms with E-state index in [1.807, 2.05) is 4.68 Å². The topological polar surface area (TPSA) is 38.0 Å². The highest BCUT2D eigenvalue weighted by Crippen LogP contribution is 2.44. The number of hydrogen-bond donors (Lipinski definition) is 1. The van der Waals surface area contributed by atoms with Crippen LogP contribution in [0.4, 0.5) is 0 Å². The highest BCUT2D eigenvalue weighted by molar-refractivity contribution is 6.31. The Morgan fingerprint density at radius 2 is 2.16 bits per heavy atom. The Morgan fingerprint density at radius 3 is 2.74 bits per heavy atom. The van der Waals surface area contributed by atoms with Gasteiger partial charge in [0.15, 0.2) is 0 Å². The summed E-state index contributed by atoms with van der Waals surface area (Å²) in [5.41, 5.74) is 0.915. The summed E-state index contributed by atoms with van der Waals surface area (Å²) in [4.78, 5) is 0. The number of halogens is 1. The van der Waals surface area contributed by atoms with Crippen LogP contribution in [0.5, 0.6) is 0 Å². The fourth-order valence-electron chi connectivity index (χ4n) is 3.61. The lowest BCUT2D eigenvalue weighted by atomic mass is 9.66. The molecule has 3 atom stereocenters. The normalized spacial score (nSPS) is 28.6. The average molecular weight is 285 g/mol. The molecule has 3 nitrogen and oxygen atoms in total. The zero-order chi connectivity index (χ0) is 14.2. The van der Waals surface area contributed by atoms with Gasteiger partial charge in [-0.15, -0.1) is 0 Å². The van der Waals surface area contributed by atoms with Crippen LogP contribution in [0.2, 0.25) is 5.02 Å². The van der Waals surface area contributed by atoms with Gasteiger partial charge in [-0.25, -0.2) is 0 Å². The van der Waals surface area contributed by atoms with Gasteiger partial charge in [-0.2, -0.15) is 5.10 Å². The monoisotopic (exact) mass is 284 g/mol. The molecule has 2 rings (SSSR count). The van der Waals surface area contributed by atoms with E-state index in [0.29, 0.717) is 5.92 Å². The number of hydrogen-bond acceptors (Lipinski definition) is 2. The van der Waals surface area contributed by atoms with E-state index in [9.17, 15) is 5.11 Å². The van der Waals surface area contributed by atoms with Gasteiger partial charge in [0, 0.05) is 12.0 Å². The molecule has 3 unspecified atom stereocenters. The molecule has 19 heavy (non-hydrogen) atoms. The molecule has 1 saturated carbocycles. The first-order valence-electron chi connectivity index (χ1n) is 7.27. The van der Waals surface area contributed by atoms with Crippen molar-refractivity contribution in [1.82, 2.24) is 9.78 Å². The first-order valence-corrected chi connectivity index (χ1v) is 7.65. The summed E-state index contributed by atoms with van der Waals surface area (Å²) in [7, 11) is 0. The Morgan fingerprint density at radius 1 is 1.47 bits per heavy atom. The fourth-order valence-corrected chi connectivity index (χ4v) is 4.00. The standard InChI is InChI=1S/C15H25ClN2O/c1-5-18-14(12(16)9-17-18)15(3,4)11-7-6-10(2)8-13(11)19/h9-11,13,19H,5-8H2,1-4H3. The molecule has 0 bridgehead atoms. The van der Waals surface area contributed by atoms with Crippen LogP contribution < -0.4 is 0 Å². The molecule has 1 aliphatic rings. The van der Waals surface area contributed by atoms with E-state index in [1.54, 1.807) is 6.20 Å². The van der Waals surface area contributed by atoms with Gasteiger partial charge in [-0.1, -0.05) is 38.8 Å². The second-order valence-electron chi connectivity index (χ2n) is 6.47. The molecule has 0 amide bonds. The van der Waals surface area contributed by atoms with Crippen LogP contribution >= 0.6 is 11.6 Å². The molecule has 108 valence electrons. The summed E-state index contributed by atoms with van der Waals surface area (Å²) >= 11 is 6.34. The largest absolute Gasteiger partial charge is 0.393 e. The van der Waals surface area contributed by atoms with Gasteiger partial charge < -0.3 is 5.11 Å². The van der Waals surface area contributed by atoms with Crippen molar-refractivity contribution in [2.75, 3.05) is 0 Å². The number of aromatic nitrogens is 2. The van der Waals surface area contributed by atoms with Crippen molar-refractivity contribution in [3.8, 4) is 0 Å². The SMILES string of the molecule is CCn1ncc(Cl)c1C(C)(C)C1CCC(C)CC1O. The van der Waals surface area contributed by atoms with Crippen molar-refractivity contribution in [2.24, 2.45) is 11.8 Å². The van der Waals surface area contributed by atoms with Gasteiger partial charge in [0.25, 0.3) is 0 Å². The zero-order valence-corrected chi connectivity index (χ0v) is 13.1. The molecule has 1 aliphatic carbocycles. The molecule has 1 N–H and O–H groups in total. The number of aryl methyl sites for hydroxylation is 1. The van der Waals surface area contributed by atoms with Crippen molar-refractivity contribution >= 4 is 11.6 Å². The predicted octanol–water partition coefficient (Wildman–Crippen LogP) is 3.63. The molecule has 0 aliphatic heterocycles. The van der Waals surface area contributed by atoms with E-state index < -0.39 is 0 Å². The van der Waals surface area contributed by atoms with Gasteiger partial charge in [-0.05, 0) is 31.6 Å². The molecule has 1 aromatic rings. The van der Waals surface area contributed by atoms with E-state index >= 15 is 0 Å². The summed E-state index contributed by atoms with van der Waals surface area (Å²) in [5.74, 6) is 0.872. The summed E-state index contributed by atoms with van der Waals surface area (Å²) in [6, 6.07) is 0. The molecule has 0 aromatic carbocycles. The minimum Gasteiger partial charge on any atom is -0.393 e. The maximum Gasteiger partial charge on any atom is 0.0823 e. The molecule has 1 aromatic heterocycles. The van der Waals surface area contributed by atoms with Gasteiger partial charge in [0.2, 0.25) is 0 Å². The summed E-state index contributed by atoms with van der Waals surface area (Å²) < 4.78 is 1.97. The second-order valence-corrected chi connectivity index (χ2v) is 6.88. The smallest absolute Gasteiger partial charge is 0.0823 e. The first-order chi connectivity index (χ1) is 8.87. The lowest BCUT2D eigenvalue weighted by Crippen LogP contribution is -2.42. The Balaban J connectivity index is 2.33. The van der Waals surface area contributed by atoms with E-state index in [4.69, 9.17) is 11.6 Å². The summed E-state index contributed by atoms with van der Waals surface area (Å²) in [6.07, 6.45) is 4.62. The second kappa shape index (κ2) is 5.45. The molecule has 0 radical (unpaired) electrons. The Labute approximate surface area is 121 Å². The molecular formula is C15H25ClN2O. The molecule has 0 saturated heterocycles. The van der Waals surface area contributed by atoms with Crippen molar-refractivity contribution in [3.05, 3.63) is 16.9 Å². The Kier molecular flexibility index (Phi) is 4.26. The third-order valence-electron chi connectivity index (χ3n) is 4.71. The molecular weight excluding hydrogens is 260 g/mol. The predicted molar refractivity (Wildman–Crippen MR) is 78.4 cm³/mol. The molecule has 1 heterocycles. The highest BCUT2D eigenvalue weighted by atomic mass is 35.5. The lowest BCUT2D eigenvalue weighted by Gasteiger charge is -2.42. The number of nitrogens with zero attached hydrogens (tertiary/aromatic N) is 2. The Hall–Kier alpha value is -0.540. The van der Waals surface area contributed by atoms with Gasteiger partial charge in [0.1, 0.15) is 0 Å². The summed E-state index contributed by atoms with van der Waals surface area (Å²) in [5, 5.41) is 15.5. The van der Waals surface area contributed by atoms with Crippen molar-refractivity contribution < 1.29 is 5.11 Å². The number of aliphatic hydroxyl groups excluding tert-OH is 1. The summed E-state index contributed by atoms with van der Waals surface area (Å²) in [6.45, 7) is 9.47. The number of aliphatic hydroxyl groups is 1. The van der Waals surface area contributed by atoms with Crippen LogP contribution in [0.25, 0.3) is 0 Å². The van der Waals surface area contributed by atoms with Crippen LogP contribution in [-0.4, -0.2) is 21.0 Å². The highest BCUT2D eigenvalue weighted by Gasteiger charge is 2.42. The Bertz CT molecular complexity index is 441. The minimum absolute atomic E-state index is 0.150.